The Bertz CT molecular complexity index is 697. The maximum absolute atomic E-state index is 13.2. The van der Waals surface area contributed by atoms with Crippen molar-refractivity contribution in [3.63, 3.8) is 0 Å². The molecular weight excluding hydrogens is 299 g/mol. The van der Waals surface area contributed by atoms with Gasteiger partial charge in [0.25, 0.3) is 0 Å². The van der Waals surface area contributed by atoms with Gasteiger partial charge in [-0.25, -0.2) is 17.5 Å². The van der Waals surface area contributed by atoms with E-state index in [9.17, 15) is 12.8 Å². The van der Waals surface area contributed by atoms with E-state index in [4.69, 9.17) is 5.73 Å². The van der Waals surface area contributed by atoms with E-state index in [-0.39, 0.29) is 17.1 Å². The fourth-order valence-corrected chi connectivity index (χ4v) is 3.79. The van der Waals surface area contributed by atoms with Gasteiger partial charge in [-0.2, -0.15) is 11.3 Å². The van der Waals surface area contributed by atoms with Gasteiger partial charge in [-0.15, -0.1) is 0 Å². The minimum atomic E-state index is -3.68. The van der Waals surface area contributed by atoms with Gasteiger partial charge in [0.2, 0.25) is 10.0 Å². The normalized spacial score (nSPS) is 11.7. The van der Waals surface area contributed by atoms with E-state index in [1.54, 1.807) is 11.3 Å². The number of nitrogens with one attached hydrogen (secondary N) is 1. The number of thiophene rings is 1. The average molecular weight is 314 g/mol. The lowest BCUT2D eigenvalue weighted by Crippen LogP contribution is -2.26. The van der Waals surface area contributed by atoms with Gasteiger partial charge >= 0.3 is 0 Å². The third-order valence-electron chi connectivity index (χ3n) is 2.87. The number of sulfonamides is 1. The number of aryl methyl sites for hydroxylation is 1. The number of nitrogen functional groups attached to an aromatic ring is 1. The second-order valence-corrected chi connectivity index (χ2v) is 6.93. The molecule has 0 radical (unpaired) electrons. The lowest BCUT2D eigenvalue weighted by atomic mass is 10.2. The van der Waals surface area contributed by atoms with E-state index < -0.39 is 15.8 Å². The topological polar surface area (TPSA) is 72.2 Å². The molecule has 0 atom stereocenters. The molecule has 0 aliphatic carbocycles. The van der Waals surface area contributed by atoms with Gasteiger partial charge < -0.3 is 5.73 Å². The van der Waals surface area contributed by atoms with E-state index in [0.717, 1.165) is 17.7 Å². The first-order valence-electron chi connectivity index (χ1n) is 5.96. The number of benzene rings is 1. The number of anilines is 1. The Morgan fingerprint density at radius 2 is 2.15 bits per heavy atom. The van der Waals surface area contributed by atoms with Crippen LogP contribution in [-0.4, -0.2) is 15.0 Å². The van der Waals surface area contributed by atoms with Crippen LogP contribution in [0.5, 0.6) is 0 Å². The van der Waals surface area contributed by atoms with Crippen molar-refractivity contribution in [1.29, 1.82) is 0 Å². The largest absolute Gasteiger partial charge is 0.396 e. The SMILES string of the molecule is Cc1cc(F)c(N)cc1S(=O)(=O)NCCc1ccsc1. The minimum absolute atomic E-state index is 0.0155. The Balaban J connectivity index is 2.12. The second kappa shape index (κ2) is 5.90. The van der Waals surface area contributed by atoms with Crippen LogP contribution in [0.1, 0.15) is 11.1 Å². The summed E-state index contributed by atoms with van der Waals surface area (Å²) in [5.41, 5.74) is 6.66. The molecule has 1 heterocycles. The first kappa shape index (κ1) is 15.0. The van der Waals surface area contributed by atoms with Gasteiger partial charge in [-0.05, 0) is 53.4 Å². The minimum Gasteiger partial charge on any atom is -0.396 e. The van der Waals surface area contributed by atoms with Gasteiger partial charge in [0, 0.05) is 6.54 Å². The van der Waals surface area contributed by atoms with Gasteiger partial charge in [0.05, 0.1) is 10.6 Å². The predicted molar refractivity (Wildman–Crippen MR) is 78.8 cm³/mol. The third-order valence-corrected chi connectivity index (χ3v) is 5.20. The smallest absolute Gasteiger partial charge is 0.240 e. The van der Waals surface area contributed by atoms with Gasteiger partial charge in [-0.3, -0.25) is 0 Å². The molecule has 0 fully saturated rings. The number of hydrogen-bond donors (Lipinski definition) is 2. The molecule has 20 heavy (non-hydrogen) atoms. The summed E-state index contributed by atoms with van der Waals surface area (Å²) in [6, 6.07) is 4.22. The molecule has 0 spiro atoms. The molecule has 1 aromatic carbocycles. The zero-order valence-corrected chi connectivity index (χ0v) is 12.5. The highest BCUT2D eigenvalue weighted by atomic mass is 32.2. The van der Waals surface area contributed by atoms with Gasteiger partial charge in [-0.1, -0.05) is 0 Å². The van der Waals surface area contributed by atoms with Crippen LogP contribution in [0, 0.1) is 12.7 Å². The highest BCUT2D eigenvalue weighted by molar-refractivity contribution is 7.89. The molecule has 2 aromatic rings. The molecule has 108 valence electrons. The number of halogens is 1. The molecular formula is C13H15FN2O2S2. The Hall–Kier alpha value is -1.44. The summed E-state index contributed by atoms with van der Waals surface area (Å²) in [4.78, 5) is 0.0155. The third kappa shape index (κ3) is 3.36. The van der Waals surface area contributed by atoms with Crippen LogP contribution in [0.2, 0.25) is 0 Å². The Kier molecular flexibility index (Phi) is 4.42. The first-order valence-corrected chi connectivity index (χ1v) is 8.39. The molecule has 0 amide bonds. The summed E-state index contributed by atoms with van der Waals surface area (Å²) < 4.78 is 40.1. The van der Waals surface area contributed by atoms with Crippen LogP contribution < -0.4 is 10.5 Å². The zero-order valence-electron chi connectivity index (χ0n) is 10.9. The van der Waals surface area contributed by atoms with Crippen molar-refractivity contribution in [2.75, 3.05) is 12.3 Å². The highest BCUT2D eigenvalue weighted by Gasteiger charge is 2.18. The number of hydrogen-bond acceptors (Lipinski definition) is 4. The lowest BCUT2D eigenvalue weighted by Gasteiger charge is -2.10. The number of rotatable bonds is 5. The number of nitrogens with two attached hydrogens (primary N) is 1. The first-order chi connectivity index (χ1) is 9.40. The molecule has 0 saturated carbocycles. The summed E-state index contributed by atoms with van der Waals surface area (Å²) in [6.45, 7) is 1.83. The summed E-state index contributed by atoms with van der Waals surface area (Å²) in [5.74, 6) is -0.611. The summed E-state index contributed by atoms with van der Waals surface area (Å²) in [6.07, 6.45) is 0.610. The second-order valence-electron chi connectivity index (χ2n) is 4.42. The fourth-order valence-electron chi connectivity index (χ4n) is 1.80. The van der Waals surface area contributed by atoms with E-state index in [1.807, 2.05) is 16.8 Å². The van der Waals surface area contributed by atoms with Crippen molar-refractivity contribution < 1.29 is 12.8 Å². The van der Waals surface area contributed by atoms with E-state index in [0.29, 0.717) is 12.0 Å². The predicted octanol–water partition coefficient (Wildman–Crippen LogP) is 2.30. The molecule has 0 aliphatic heterocycles. The molecule has 0 aliphatic rings. The molecule has 2 rings (SSSR count). The monoisotopic (exact) mass is 314 g/mol. The molecule has 0 unspecified atom stereocenters. The van der Waals surface area contributed by atoms with E-state index in [2.05, 4.69) is 4.72 Å². The fraction of sp³-hybridized carbons (Fsp3) is 0.231. The van der Waals surface area contributed by atoms with Crippen molar-refractivity contribution in [1.82, 2.24) is 4.72 Å². The van der Waals surface area contributed by atoms with Crippen LogP contribution in [0.3, 0.4) is 0 Å². The van der Waals surface area contributed by atoms with Crippen molar-refractivity contribution >= 4 is 27.0 Å². The van der Waals surface area contributed by atoms with Crippen LogP contribution in [-0.2, 0) is 16.4 Å². The molecule has 3 N–H and O–H groups in total. The maximum Gasteiger partial charge on any atom is 0.240 e. The van der Waals surface area contributed by atoms with Crippen LogP contribution in [0.25, 0.3) is 0 Å². The molecule has 0 bridgehead atoms. The summed E-state index contributed by atoms with van der Waals surface area (Å²) in [5, 5.41) is 3.91. The quantitative estimate of drug-likeness (QED) is 0.832. The van der Waals surface area contributed by atoms with Crippen LogP contribution in [0.15, 0.2) is 33.9 Å². The Labute approximate surface area is 121 Å². The summed E-state index contributed by atoms with van der Waals surface area (Å²) in [7, 11) is -3.68. The molecule has 0 saturated heterocycles. The van der Waals surface area contributed by atoms with Crippen molar-refractivity contribution in [2.45, 2.75) is 18.2 Å². The standard InChI is InChI=1S/C13H15FN2O2S2/c1-9-6-11(14)12(15)7-13(9)20(17,18)16-4-2-10-3-5-19-8-10/h3,5-8,16H,2,4,15H2,1H3. The van der Waals surface area contributed by atoms with E-state index >= 15 is 0 Å². The van der Waals surface area contributed by atoms with Gasteiger partial charge in [0.1, 0.15) is 5.82 Å². The van der Waals surface area contributed by atoms with Crippen molar-refractivity contribution in [3.8, 4) is 0 Å². The lowest BCUT2D eigenvalue weighted by molar-refractivity contribution is 0.580. The van der Waals surface area contributed by atoms with Crippen molar-refractivity contribution in [3.05, 3.63) is 45.9 Å². The van der Waals surface area contributed by atoms with E-state index in [1.165, 1.54) is 6.92 Å². The summed E-state index contributed by atoms with van der Waals surface area (Å²) >= 11 is 1.56. The molecule has 4 nitrogen and oxygen atoms in total. The highest BCUT2D eigenvalue weighted by Crippen LogP contribution is 2.21. The van der Waals surface area contributed by atoms with Crippen LogP contribution >= 0.6 is 11.3 Å². The Morgan fingerprint density at radius 1 is 1.40 bits per heavy atom. The molecule has 7 heteroatoms. The van der Waals surface area contributed by atoms with Crippen molar-refractivity contribution in [2.24, 2.45) is 0 Å². The van der Waals surface area contributed by atoms with Gasteiger partial charge in [0.15, 0.2) is 0 Å². The molecule has 1 aromatic heterocycles. The zero-order chi connectivity index (χ0) is 14.8. The maximum atomic E-state index is 13.2. The van der Waals surface area contributed by atoms with Crippen LogP contribution in [0.4, 0.5) is 10.1 Å². The Morgan fingerprint density at radius 3 is 2.80 bits per heavy atom. The average Bonchev–Trinajstić information content (AvgIpc) is 2.86.